The monoisotopic (exact) mass is 304 g/mol. The summed E-state index contributed by atoms with van der Waals surface area (Å²) in [5, 5.41) is 0. The zero-order valence-electron chi connectivity index (χ0n) is 12.7. The Morgan fingerprint density at radius 3 is 2.05 bits per heavy atom. The van der Waals surface area contributed by atoms with Gasteiger partial charge in [-0.05, 0) is 20.3 Å². The Morgan fingerprint density at radius 1 is 1.10 bits per heavy atom. The van der Waals surface area contributed by atoms with Crippen molar-refractivity contribution in [2.75, 3.05) is 19.8 Å². The molecule has 6 nitrogen and oxygen atoms in total. The van der Waals surface area contributed by atoms with Crippen molar-refractivity contribution in [2.45, 2.75) is 40.2 Å². The molecular weight excluding hydrogens is 280 g/mol. The van der Waals surface area contributed by atoms with Crippen LogP contribution in [-0.4, -0.2) is 40.6 Å². The molecule has 7 heteroatoms. The molecule has 0 bridgehead atoms. The Bertz CT molecular complexity index is 326. The highest BCUT2D eigenvalue weighted by Gasteiger charge is 2.47. The van der Waals surface area contributed by atoms with E-state index in [0.29, 0.717) is 32.3 Å². The Hall–Kier alpha value is -1.18. The maximum Gasteiger partial charge on any atom is 0.636 e. The first kappa shape index (κ1) is 18.8. The molecule has 0 N–H and O–H groups in total. The fourth-order valence-electron chi connectivity index (χ4n) is 1.55. The van der Waals surface area contributed by atoms with Crippen molar-refractivity contribution in [3.8, 4) is 0 Å². The molecule has 0 atom stereocenters. The summed E-state index contributed by atoms with van der Waals surface area (Å²) in [6.45, 7) is 11.1. The van der Waals surface area contributed by atoms with Crippen LogP contribution in [0, 0.1) is 0 Å². The van der Waals surface area contributed by atoms with E-state index in [4.69, 9.17) is 18.0 Å². The molecule has 116 valence electrons. The average Bonchev–Trinajstić information content (AvgIpc) is 2.26. The predicted octanol–water partition coefficient (Wildman–Crippen LogP) is 2.07. The van der Waals surface area contributed by atoms with Crippen LogP contribution in [-0.2, 0) is 27.6 Å². The molecule has 0 aromatic heterocycles. The average molecular weight is 304 g/mol. The molecule has 0 rings (SSSR count). The van der Waals surface area contributed by atoms with Gasteiger partial charge in [-0.15, -0.1) is 0 Å². The van der Waals surface area contributed by atoms with Crippen molar-refractivity contribution in [1.82, 2.24) is 0 Å². The first-order chi connectivity index (χ1) is 9.31. The van der Waals surface area contributed by atoms with E-state index in [1.54, 1.807) is 6.92 Å². The lowest BCUT2D eigenvalue weighted by atomic mass is 10.4. The molecule has 0 heterocycles. The van der Waals surface area contributed by atoms with E-state index < -0.39 is 20.7 Å². The van der Waals surface area contributed by atoms with E-state index in [2.05, 4.69) is 6.58 Å². The van der Waals surface area contributed by atoms with E-state index in [9.17, 15) is 9.59 Å². The second kappa shape index (κ2) is 9.68. The van der Waals surface area contributed by atoms with Gasteiger partial charge >= 0.3 is 8.80 Å². The highest BCUT2D eigenvalue weighted by Crippen LogP contribution is 2.19. The van der Waals surface area contributed by atoms with Crippen molar-refractivity contribution in [3.63, 3.8) is 0 Å². The number of ether oxygens (including phenoxy) is 1. The number of rotatable bonds is 10. The first-order valence-electron chi connectivity index (χ1n) is 6.56. The fraction of sp³-hybridized carbons (Fsp3) is 0.692. The molecule has 0 saturated carbocycles. The van der Waals surface area contributed by atoms with Crippen LogP contribution in [0.2, 0.25) is 6.04 Å². The molecule has 0 radical (unpaired) electrons. The minimum atomic E-state index is -3.30. The summed E-state index contributed by atoms with van der Waals surface area (Å²) in [5.74, 6) is -1.04. The van der Waals surface area contributed by atoms with E-state index >= 15 is 0 Å². The van der Waals surface area contributed by atoms with Gasteiger partial charge in [0.25, 0.3) is 11.9 Å². The molecule has 0 unspecified atom stereocenters. The largest absolute Gasteiger partial charge is 0.636 e. The van der Waals surface area contributed by atoms with Gasteiger partial charge in [-0.3, -0.25) is 9.59 Å². The Kier molecular flexibility index (Phi) is 9.11. The highest BCUT2D eigenvalue weighted by molar-refractivity contribution is 6.64. The smallest absolute Gasteiger partial charge is 0.464 e. The van der Waals surface area contributed by atoms with E-state index in [0.717, 1.165) is 5.57 Å². The summed E-state index contributed by atoms with van der Waals surface area (Å²) in [6, 6.07) is 0.343. The van der Waals surface area contributed by atoms with E-state index in [1.165, 1.54) is 13.8 Å². The van der Waals surface area contributed by atoms with Gasteiger partial charge in [-0.2, -0.15) is 0 Å². The predicted molar refractivity (Wildman–Crippen MR) is 76.0 cm³/mol. The molecule has 20 heavy (non-hydrogen) atoms. The van der Waals surface area contributed by atoms with Gasteiger partial charge in [0.15, 0.2) is 0 Å². The molecule has 0 saturated heterocycles. The normalized spacial score (nSPS) is 11.0. The minimum Gasteiger partial charge on any atom is -0.464 e. The van der Waals surface area contributed by atoms with Gasteiger partial charge in [0.2, 0.25) is 0 Å². The molecule has 0 aliphatic heterocycles. The second-order valence-electron chi connectivity index (χ2n) is 4.42. The molecule has 0 aliphatic carbocycles. The van der Waals surface area contributed by atoms with Gasteiger partial charge in [0.1, 0.15) is 0 Å². The second-order valence-corrected chi connectivity index (χ2v) is 6.98. The van der Waals surface area contributed by atoms with Crippen LogP contribution in [0.15, 0.2) is 12.2 Å². The van der Waals surface area contributed by atoms with Crippen LogP contribution in [0.4, 0.5) is 0 Å². The molecule has 0 amide bonds. The molecule has 0 fully saturated rings. The quantitative estimate of drug-likeness (QED) is 0.349. The van der Waals surface area contributed by atoms with Crippen LogP contribution < -0.4 is 0 Å². The van der Waals surface area contributed by atoms with Crippen LogP contribution in [0.25, 0.3) is 0 Å². The van der Waals surface area contributed by atoms with E-state index in [-0.39, 0.29) is 0 Å². The summed E-state index contributed by atoms with van der Waals surface area (Å²) >= 11 is 0. The van der Waals surface area contributed by atoms with Crippen molar-refractivity contribution < 1.29 is 27.6 Å². The van der Waals surface area contributed by atoms with Crippen molar-refractivity contribution >= 4 is 20.7 Å². The topological polar surface area (TPSA) is 71.1 Å². The Labute approximate surface area is 121 Å². The summed E-state index contributed by atoms with van der Waals surface area (Å²) in [5.41, 5.74) is 0.929. The van der Waals surface area contributed by atoms with Crippen LogP contribution >= 0.6 is 0 Å². The highest BCUT2D eigenvalue weighted by atomic mass is 28.4. The minimum absolute atomic E-state index is 0.305. The summed E-state index contributed by atoms with van der Waals surface area (Å²) in [4.78, 5) is 22.4. The molecule has 0 aliphatic rings. The molecule has 0 aromatic rings. The van der Waals surface area contributed by atoms with E-state index in [1.807, 2.05) is 6.92 Å². The lowest BCUT2D eigenvalue weighted by Crippen LogP contribution is -2.48. The molecule has 0 aromatic carbocycles. The van der Waals surface area contributed by atoms with Gasteiger partial charge in [0, 0.05) is 33.1 Å². The van der Waals surface area contributed by atoms with Crippen LogP contribution in [0.1, 0.15) is 34.1 Å². The Balaban J connectivity index is 4.51. The summed E-state index contributed by atoms with van der Waals surface area (Å²) in [7, 11) is -3.30. The van der Waals surface area contributed by atoms with Gasteiger partial charge in [-0.1, -0.05) is 12.2 Å². The lowest BCUT2D eigenvalue weighted by molar-refractivity contribution is -0.143. The van der Waals surface area contributed by atoms with Gasteiger partial charge < -0.3 is 18.0 Å². The van der Waals surface area contributed by atoms with Gasteiger partial charge in [0.05, 0.1) is 6.61 Å². The third kappa shape index (κ3) is 8.84. The van der Waals surface area contributed by atoms with Crippen molar-refractivity contribution in [1.29, 1.82) is 0 Å². The first-order valence-corrected chi connectivity index (χ1v) is 8.49. The summed E-state index contributed by atoms with van der Waals surface area (Å²) < 4.78 is 21.2. The molecular formula is C13H24O6Si. The van der Waals surface area contributed by atoms with Crippen LogP contribution in [0.3, 0.4) is 0 Å². The van der Waals surface area contributed by atoms with Gasteiger partial charge in [-0.25, -0.2) is 0 Å². The number of hydrogen-bond donors (Lipinski definition) is 0. The fourth-order valence-corrected chi connectivity index (χ4v) is 3.95. The number of carbonyl (C=O) groups excluding carboxylic acids is 2. The lowest BCUT2D eigenvalue weighted by Gasteiger charge is -2.26. The zero-order chi connectivity index (χ0) is 15.6. The SMILES string of the molecule is C=C(C)COCCC[Si](OCC)(OC(C)=O)OC(C)=O. The number of hydrogen-bond acceptors (Lipinski definition) is 6. The standard InChI is InChI=1S/C13H24O6Si/c1-6-17-20(18-12(4)14,19-13(5)15)9-7-8-16-10-11(2)3/h2,6-10H2,1,3-5H3. The van der Waals surface area contributed by atoms with Crippen molar-refractivity contribution in [3.05, 3.63) is 12.2 Å². The summed E-state index contributed by atoms with van der Waals surface area (Å²) in [6.07, 6.45) is 0.570. The molecule has 0 spiro atoms. The third-order valence-corrected chi connectivity index (χ3v) is 4.97. The number of carbonyl (C=O) groups is 2. The maximum atomic E-state index is 11.2. The Morgan fingerprint density at radius 2 is 1.65 bits per heavy atom. The van der Waals surface area contributed by atoms with Crippen molar-refractivity contribution in [2.24, 2.45) is 0 Å². The third-order valence-electron chi connectivity index (χ3n) is 2.08. The van der Waals surface area contributed by atoms with Crippen LogP contribution in [0.5, 0.6) is 0 Å². The zero-order valence-corrected chi connectivity index (χ0v) is 13.7. The maximum absolute atomic E-state index is 11.2.